The van der Waals surface area contributed by atoms with Gasteiger partial charge in [0.25, 0.3) is 5.91 Å². The van der Waals surface area contributed by atoms with Crippen LogP contribution in [0.1, 0.15) is 134 Å². The minimum atomic E-state index is -1.19. The molecule has 7 atom stereocenters. The van der Waals surface area contributed by atoms with Gasteiger partial charge in [0.15, 0.2) is 6.73 Å². The number of carbonyl (C=O) groups excluding carboxylic acids is 5. The summed E-state index contributed by atoms with van der Waals surface area (Å²) in [6, 6.07) is 4.34. The quantitative estimate of drug-likeness (QED) is 0.0508. The molecule has 16 heteroatoms. The summed E-state index contributed by atoms with van der Waals surface area (Å²) in [6.45, 7) is 15.6. The minimum Gasteiger partial charge on any atom is -0.508 e. The number of amides is 4. The monoisotopic (exact) mass is 843 g/mol. The van der Waals surface area contributed by atoms with Crippen LogP contribution in [0.5, 0.6) is 5.75 Å². The van der Waals surface area contributed by atoms with Gasteiger partial charge in [-0.2, -0.15) is 0 Å². The number of hydrazine groups is 1. The number of thiazole rings is 1. The van der Waals surface area contributed by atoms with Crippen molar-refractivity contribution in [2.75, 3.05) is 20.3 Å². The second-order valence-corrected chi connectivity index (χ2v) is 17.6. The molecule has 0 saturated carbocycles. The van der Waals surface area contributed by atoms with Crippen LogP contribution in [0, 0.1) is 17.8 Å². The maximum absolute atomic E-state index is 14.6. The van der Waals surface area contributed by atoms with Crippen molar-refractivity contribution in [2.45, 2.75) is 149 Å². The number of nitrogens with zero attached hydrogens (tertiary/aromatic N) is 3. The van der Waals surface area contributed by atoms with E-state index in [0.717, 1.165) is 36.3 Å². The van der Waals surface area contributed by atoms with E-state index >= 15 is 0 Å². The molecule has 1 aromatic heterocycles. The first-order chi connectivity index (χ1) is 27.9. The Morgan fingerprint density at radius 2 is 1.69 bits per heavy atom. The standard InChI is InChI=1S/C43H69N7O8S/c1-10-14-37(53)58-25-50(43(57)38(28(7)11-2)46-41(56)34-15-12-13-20-49(34)9)35(26(3)4)23-36(52)42-45-33(24-59-42)40(55)44-31(22-30-16-18-32(51)19-17-30)21-29(8)39(54)48-47-27(5)6/h16-19,24,26-29,31,34-36,38,47,51-52H,10-15,20-23,25H2,1-9H3,(H,44,55)(H,46,56)(H,48,54)/t28?,29-,31+,34+,35+,36+,38-/m0/s1. The number of aromatic nitrogens is 1. The molecule has 1 saturated heterocycles. The fraction of sp³-hybridized carbons (Fsp3) is 0.674. The molecule has 0 radical (unpaired) electrons. The molecule has 1 aromatic carbocycles. The number of aliphatic hydroxyl groups is 1. The van der Waals surface area contributed by atoms with Crippen LogP contribution >= 0.6 is 11.3 Å². The van der Waals surface area contributed by atoms with Gasteiger partial charge in [-0.1, -0.05) is 66.5 Å². The fourth-order valence-electron chi connectivity index (χ4n) is 7.13. The predicted molar refractivity (Wildman–Crippen MR) is 228 cm³/mol. The summed E-state index contributed by atoms with van der Waals surface area (Å²) in [5, 5.41) is 29.4. The lowest BCUT2D eigenvalue weighted by atomic mass is 9.92. The van der Waals surface area contributed by atoms with Crippen molar-refractivity contribution >= 4 is 40.9 Å². The molecule has 1 unspecified atom stereocenters. The van der Waals surface area contributed by atoms with Crippen LogP contribution in [0.2, 0.25) is 0 Å². The highest BCUT2D eigenvalue weighted by Crippen LogP contribution is 2.29. The molecule has 6 N–H and O–H groups in total. The number of likely N-dealkylation sites (tertiary alicyclic amines) is 1. The Kier molecular flexibility index (Phi) is 20.2. The van der Waals surface area contributed by atoms with E-state index in [-0.39, 0.29) is 71.8 Å². The van der Waals surface area contributed by atoms with Crippen LogP contribution in [0.15, 0.2) is 29.6 Å². The fourth-order valence-corrected chi connectivity index (χ4v) is 7.93. The number of piperidine rings is 1. The summed E-state index contributed by atoms with van der Waals surface area (Å²) in [6.07, 6.45) is 3.52. The topological polar surface area (TPSA) is 203 Å². The number of phenolic OH excluding ortho intramolecular Hbond substituents is 1. The Bertz CT molecular complexity index is 1650. The lowest BCUT2D eigenvalue weighted by Crippen LogP contribution is -2.59. The smallest absolute Gasteiger partial charge is 0.307 e. The Morgan fingerprint density at radius 3 is 2.31 bits per heavy atom. The van der Waals surface area contributed by atoms with E-state index in [1.807, 2.05) is 60.4 Å². The van der Waals surface area contributed by atoms with E-state index in [0.29, 0.717) is 32.1 Å². The van der Waals surface area contributed by atoms with E-state index in [9.17, 15) is 34.2 Å². The second kappa shape index (κ2) is 24.2. The molecule has 1 fully saturated rings. The van der Waals surface area contributed by atoms with Gasteiger partial charge in [-0.25, -0.2) is 10.4 Å². The predicted octanol–water partition coefficient (Wildman–Crippen LogP) is 4.84. The SMILES string of the molecule is CCCC(=O)OCN(C(=O)[C@@H](NC(=O)[C@H]1CCCCN1C)C(C)CC)[C@H](C[C@@H](O)c1nc(C(=O)N[C@@H](Cc2ccc(O)cc2)C[C@H](C)C(=O)NNC(C)C)cs1)C(C)C. The van der Waals surface area contributed by atoms with Crippen LogP contribution < -0.4 is 21.5 Å². The lowest BCUT2D eigenvalue weighted by molar-refractivity contribution is -0.159. The summed E-state index contributed by atoms with van der Waals surface area (Å²) in [7, 11) is 1.91. The van der Waals surface area contributed by atoms with Crippen molar-refractivity contribution in [2.24, 2.45) is 17.8 Å². The van der Waals surface area contributed by atoms with Crippen LogP contribution in [0.3, 0.4) is 0 Å². The number of carbonyl (C=O) groups is 5. The molecule has 0 bridgehead atoms. The first kappa shape index (κ1) is 49.2. The normalized spacial score (nSPS) is 17.7. The van der Waals surface area contributed by atoms with Crippen molar-refractivity contribution in [3.63, 3.8) is 0 Å². The largest absolute Gasteiger partial charge is 0.508 e. The molecule has 330 valence electrons. The first-order valence-corrected chi connectivity index (χ1v) is 22.1. The summed E-state index contributed by atoms with van der Waals surface area (Å²) in [4.78, 5) is 75.4. The average Bonchev–Trinajstić information content (AvgIpc) is 3.70. The number of ether oxygens (including phenoxy) is 1. The maximum Gasteiger partial charge on any atom is 0.307 e. The molecule has 1 aliphatic rings. The Morgan fingerprint density at radius 1 is 1.00 bits per heavy atom. The highest BCUT2D eigenvalue weighted by atomic mass is 32.1. The molecule has 0 aliphatic carbocycles. The molecular weight excluding hydrogens is 775 g/mol. The zero-order chi connectivity index (χ0) is 43.8. The molecule has 3 rings (SSSR count). The number of likely N-dealkylation sites (N-methyl/N-ethyl adjacent to an activating group) is 1. The van der Waals surface area contributed by atoms with Gasteiger partial charge < -0.3 is 30.5 Å². The van der Waals surface area contributed by atoms with Crippen molar-refractivity contribution in [1.82, 2.24) is 36.3 Å². The van der Waals surface area contributed by atoms with Crippen molar-refractivity contribution in [3.05, 3.63) is 45.9 Å². The third-order valence-corrected chi connectivity index (χ3v) is 11.9. The summed E-state index contributed by atoms with van der Waals surface area (Å²) in [5.74, 6) is -2.56. The number of aliphatic hydroxyl groups excluding tert-OH is 1. The van der Waals surface area contributed by atoms with Crippen LogP contribution in [-0.2, 0) is 30.3 Å². The van der Waals surface area contributed by atoms with Crippen LogP contribution in [-0.4, -0.2) is 105 Å². The first-order valence-electron chi connectivity index (χ1n) is 21.2. The third kappa shape index (κ3) is 15.5. The second-order valence-electron chi connectivity index (χ2n) is 16.7. The van der Waals surface area contributed by atoms with E-state index in [1.54, 1.807) is 36.6 Å². The third-order valence-electron chi connectivity index (χ3n) is 10.9. The van der Waals surface area contributed by atoms with Crippen molar-refractivity contribution < 1.29 is 38.9 Å². The Balaban J connectivity index is 1.85. The van der Waals surface area contributed by atoms with Crippen LogP contribution in [0.25, 0.3) is 0 Å². The average molecular weight is 844 g/mol. The number of aromatic hydroxyl groups is 1. The molecule has 1 aliphatic heterocycles. The molecule has 2 aromatic rings. The Labute approximate surface area is 354 Å². The number of hydrogen-bond acceptors (Lipinski definition) is 12. The number of hydrogen-bond donors (Lipinski definition) is 6. The molecule has 2 heterocycles. The molecule has 59 heavy (non-hydrogen) atoms. The van der Waals surface area contributed by atoms with Gasteiger partial charge in [-0.3, -0.25) is 34.3 Å². The maximum atomic E-state index is 14.6. The zero-order valence-electron chi connectivity index (χ0n) is 36.5. The van der Waals surface area contributed by atoms with E-state index in [1.165, 1.54) is 4.90 Å². The molecular formula is C43H69N7O8S. The summed E-state index contributed by atoms with van der Waals surface area (Å²) < 4.78 is 5.63. The summed E-state index contributed by atoms with van der Waals surface area (Å²) >= 11 is 1.11. The number of nitrogens with one attached hydrogen (secondary N) is 4. The highest BCUT2D eigenvalue weighted by Gasteiger charge is 2.38. The van der Waals surface area contributed by atoms with Crippen molar-refractivity contribution in [1.29, 1.82) is 0 Å². The van der Waals surface area contributed by atoms with Gasteiger partial charge in [-0.05, 0) is 89.1 Å². The van der Waals surface area contributed by atoms with E-state index in [4.69, 9.17) is 4.74 Å². The van der Waals surface area contributed by atoms with E-state index < -0.39 is 47.9 Å². The summed E-state index contributed by atoms with van der Waals surface area (Å²) in [5.41, 5.74) is 6.57. The van der Waals surface area contributed by atoms with Gasteiger partial charge >= 0.3 is 5.97 Å². The van der Waals surface area contributed by atoms with E-state index in [2.05, 4.69) is 26.5 Å². The highest BCUT2D eigenvalue weighted by molar-refractivity contribution is 7.09. The number of benzene rings is 1. The van der Waals surface area contributed by atoms with Gasteiger partial charge in [0.1, 0.15) is 28.6 Å². The minimum absolute atomic E-state index is 0.0242. The molecule has 15 nitrogen and oxygen atoms in total. The zero-order valence-corrected chi connectivity index (χ0v) is 37.3. The number of rotatable bonds is 23. The van der Waals surface area contributed by atoms with Crippen molar-refractivity contribution in [3.8, 4) is 5.75 Å². The van der Waals surface area contributed by atoms with Gasteiger partial charge in [0.05, 0.1) is 6.04 Å². The van der Waals surface area contributed by atoms with Crippen LogP contribution in [0.4, 0.5) is 0 Å². The Hall–Kier alpha value is -4.12. The lowest BCUT2D eigenvalue weighted by Gasteiger charge is -2.39. The van der Waals surface area contributed by atoms with Gasteiger partial charge in [0.2, 0.25) is 17.7 Å². The molecule has 4 amide bonds. The number of esters is 1. The number of phenols is 1. The van der Waals surface area contributed by atoms with Gasteiger partial charge in [0, 0.05) is 42.3 Å². The molecule has 0 spiro atoms. The van der Waals surface area contributed by atoms with Gasteiger partial charge in [-0.15, -0.1) is 11.3 Å².